The highest BCUT2D eigenvalue weighted by molar-refractivity contribution is 5.85. The molecule has 0 unspecified atom stereocenters. The third kappa shape index (κ3) is 2.74. The lowest BCUT2D eigenvalue weighted by Crippen LogP contribution is -2.35. The predicted octanol–water partition coefficient (Wildman–Crippen LogP) is 4.26. The van der Waals surface area contributed by atoms with Gasteiger partial charge in [-0.1, -0.05) is 0 Å². The Kier molecular flexibility index (Phi) is 4.55. The number of ether oxygens (including phenoxy) is 1. The minimum Gasteiger partial charge on any atom is -0.493 e. The highest BCUT2D eigenvalue weighted by Crippen LogP contribution is 2.38. The molecular weight excluding hydrogens is 246 g/mol. The number of anilines is 1. The van der Waals surface area contributed by atoms with Crippen molar-refractivity contribution in [3.05, 3.63) is 22.8 Å². The summed E-state index contributed by atoms with van der Waals surface area (Å²) in [5, 5.41) is 3.63. The molecule has 3 heteroatoms. The molecule has 1 aliphatic heterocycles. The first-order valence-corrected chi connectivity index (χ1v) is 6.48. The van der Waals surface area contributed by atoms with Gasteiger partial charge in [0.25, 0.3) is 0 Å². The lowest BCUT2D eigenvalue weighted by atomic mass is 9.86. The van der Waals surface area contributed by atoms with Crippen LogP contribution in [0.15, 0.2) is 6.07 Å². The molecule has 0 aliphatic carbocycles. The zero-order valence-corrected chi connectivity index (χ0v) is 12.8. The highest BCUT2D eigenvalue weighted by Gasteiger charge is 2.26. The SMILES string of the molecule is CCOc1c(C)cc2c(c1C)CCC(C)(C)N2.Cl. The van der Waals surface area contributed by atoms with Gasteiger partial charge in [-0.2, -0.15) is 0 Å². The Hall–Kier alpha value is -0.890. The van der Waals surface area contributed by atoms with E-state index < -0.39 is 0 Å². The third-order valence-electron chi connectivity index (χ3n) is 3.60. The summed E-state index contributed by atoms with van der Waals surface area (Å²) in [7, 11) is 0. The maximum absolute atomic E-state index is 5.76. The summed E-state index contributed by atoms with van der Waals surface area (Å²) in [6.45, 7) is 11.6. The third-order valence-corrected chi connectivity index (χ3v) is 3.60. The number of benzene rings is 1. The molecule has 1 aromatic carbocycles. The Morgan fingerprint density at radius 1 is 1.33 bits per heavy atom. The minimum absolute atomic E-state index is 0. The number of fused-ring (bicyclic) bond motifs is 1. The molecule has 0 bridgehead atoms. The first-order valence-electron chi connectivity index (χ1n) is 6.48. The molecule has 0 amide bonds. The zero-order valence-electron chi connectivity index (χ0n) is 12.0. The fourth-order valence-corrected chi connectivity index (χ4v) is 2.67. The lowest BCUT2D eigenvalue weighted by molar-refractivity contribution is 0.334. The van der Waals surface area contributed by atoms with E-state index in [1.54, 1.807) is 0 Å². The monoisotopic (exact) mass is 269 g/mol. The second kappa shape index (κ2) is 5.40. The maximum atomic E-state index is 5.76. The molecule has 18 heavy (non-hydrogen) atoms. The standard InChI is InChI=1S/C15H23NO.ClH/c1-6-17-14-10(2)9-13-12(11(14)3)7-8-15(4,5)16-13;/h9,16H,6-8H2,1-5H3;1H. The molecule has 2 rings (SSSR count). The van der Waals surface area contributed by atoms with Crippen molar-refractivity contribution in [2.45, 2.75) is 53.0 Å². The number of hydrogen-bond acceptors (Lipinski definition) is 2. The molecule has 2 nitrogen and oxygen atoms in total. The van der Waals surface area contributed by atoms with Gasteiger partial charge in [-0.25, -0.2) is 0 Å². The van der Waals surface area contributed by atoms with Crippen LogP contribution >= 0.6 is 12.4 Å². The fraction of sp³-hybridized carbons (Fsp3) is 0.600. The van der Waals surface area contributed by atoms with E-state index in [1.165, 1.54) is 28.8 Å². The molecule has 0 fully saturated rings. The number of rotatable bonds is 2. The molecule has 0 atom stereocenters. The van der Waals surface area contributed by atoms with Crippen molar-refractivity contribution in [3.63, 3.8) is 0 Å². The van der Waals surface area contributed by atoms with Crippen molar-refractivity contribution in [2.24, 2.45) is 0 Å². The van der Waals surface area contributed by atoms with Crippen molar-refractivity contribution in [3.8, 4) is 5.75 Å². The zero-order chi connectivity index (χ0) is 12.6. The van der Waals surface area contributed by atoms with Gasteiger partial charge in [-0.3, -0.25) is 0 Å². The Labute approximate surface area is 117 Å². The van der Waals surface area contributed by atoms with Crippen LogP contribution in [0.5, 0.6) is 5.75 Å². The number of aryl methyl sites for hydroxylation is 1. The Morgan fingerprint density at radius 3 is 2.61 bits per heavy atom. The summed E-state index contributed by atoms with van der Waals surface area (Å²) in [6, 6.07) is 2.23. The number of halogens is 1. The van der Waals surface area contributed by atoms with Gasteiger partial charge in [-0.15, -0.1) is 12.4 Å². The second-order valence-electron chi connectivity index (χ2n) is 5.62. The topological polar surface area (TPSA) is 21.3 Å². The van der Waals surface area contributed by atoms with Gasteiger partial charge < -0.3 is 10.1 Å². The Bertz CT molecular complexity index is 441. The van der Waals surface area contributed by atoms with Gasteiger partial charge in [0.15, 0.2) is 0 Å². The van der Waals surface area contributed by atoms with Gasteiger partial charge in [0.1, 0.15) is 5.75 Å². The smallest absolute Gasteiger partial charge is 0.125 e. The van der Waals surface area contributed by atoms with Crippen LogP contribution in [-0.4, -0.2) is 12.1 Å². The Morgan fingerprint density at radius 2 is 2.00 bits per heavy atom. The van der Waals surface area contributed by atoms with E-state index in [1.807, 2.05) is 6.92 Å². The van der Waals surface area contributed by atoms with E-state index >= 15 is 0 Å². The van der Waals surface area contributed by atoms with Crippen LogP contribution in [0.3, 0.4) is 0 Å². The maximum Gasteiger partial charge on any atom is 0.125 e. The predicted molar refractivity (Wildman–Crippen MR) is 80.4 cm³/mol. The molecular formula is C15H24ClNO. The van der Waals surface area contributed by atoms with Crippen LogP contribution in [0, 0.1) is 13.8 Å². The summed E-state index contributed by atoms with van der Waals surface area (Å²) in [6.07, 6.45) is 2.32. The molecule has 0 saturated carbocycles. The highest BCUT2D eigenvalue weighted by atomic mass is 35.5. The normalized spacial score (nSPS) is 16.3. The minimum atomic E-state index is 0. The van der Waals surface area contributed by atoms with Crippen LogP contribution in [0.25, 0.3) is 0 Å². The van der Waals surface area contributed by atoms with E-state index in [4.69, 9.17) is 4.74 Å². The molecule has 1 N–H and O–H groups in total. The van der Waals surface area contributed by atoms with Crippen LogP contribution < -0.4 is 10.1 Å². The fourth-order valence-electron chi connectivity index (χ4n) is 2.67. The first kappa shape index (κ1) is 15.2. The van der Waals surface area contributed by atoms with Crippen LogP contribution in [0.2, 0.25) is 0 Å². The molecule has 102 valence electrons. The average Bonchev–Trinajstić information content (AvgIpc) is 2.22. The van der Waals surface area contributed by atoms with E-state index in [0.29, 0.717) is 0 Å². The van der Waals surface area contributed by atoms with Gasteiger partial charge in [0.2, 0.25) is 0 Å². The van der Waals surface area contributed by atoms with Crippen molar-refractivity contribution >= 4 is 18.1 Å². The average molecular weight is 270 g/mol. The summed E-state index contributed by atoms with van der Waals surface area (Å²) in [5.41, 5.74) is 5.47. The summed E-state index contributed by atoms with van der Waals surface area (Å²) < 4.78 is 5.76. The van der Waals surface area contributed by atoms with Gasteiger partial charge in [0.05, 0.1) is 6.61 Å². The molecule has 1 heterocycles. The van der Waals surface area contributed by atoms with Crippen molar-refractivity contribution in [1.82, 2.24) is 0 Å². The largest absolute Gasteiger partial charge is 0.493 e. The summed E-state index contributed by atoms with van der Waals surface area (Å²) in [4.78, 5) is 0. The molecule has 0 radical (unpaired) electrons. The van der Waals surface area contributed by atoms with Crippen LogP contribution in [-0.2, 0) is 6.42 Å². The number of hydrogen-bond donors (Lipinski definition) is 1. The Balaban J connectivity index is 0.00000162. The van der Waals surface area contributed by atoms with Crippen molar-refractivity contribution < 1.29 is 4.74 Å². The quantitative estimate of drug-likeness (QED) is 0.866. The van der Waals surface area contributed by atoms with Crippen molar-refractivity contribution in [2.75, 3.05) is 11.9 Å². The van der Waals surface area contributed by atoms with Crippen molar-refractivity contribution in [1.29, 1.82) is 0 Å². The van der Waals surface area contributed by atoms with E-state index in [0.717, 1.165) is 18.8 Å². The van der Waals surface area contributed by atoms with Gasteiger partial charge in [-0.05, 0) is 70.2 Å². The molecule has 1 aliphatic rings. The number of nitrogens with one attached hydrogen (secondary N) is 1. The van der Waals surface area contributed by atoms with E-state index in [9.17, 15) is 0 Å². The van der Waals surface area contributed by atoms with Crippen LogP contribution in [0.1, 0.15) is 43.9 Å². The van der Waals surface area contributed by atoms with E-state index in [2.05, 4.69) is 39.1 Å². The second-order valence-corrected chi connectivity index (χ2v) is 5.62. The molecule has 1 aromatic rings. The van der Waals surface area contributed by atoms with Gasteiger partial charge in [0, 0.05) is 11.2 Å². The first-order chi connectivity index (χ1) is 7.94. The van der Waals surface area contributed by atoms with E-state index in [-0.39, 0.29) is 17.9 Å². The summed E-state index contributed by atoms with van der Waals surface area (Å²) >= 11 is 0. The van der Waals surface area contributed by atoms with Gasteiger partial charge >= 0.3 is 0 Å². The lowest BCUT2D eigenvalue weighted by Gasteiger charge is -2.35. The molecule has 0 spiro atoms. The molecule has 0 aromatic heterocycles. The molecule has 0 saturated heterocycles. The summed E-state index contributed by atoms with van der Waals surface area (Å²) in [5.74, 6) is 1.08. The van der Waals surface area contributed by atoms with Crippen LogP contribution in [0.4, 0.5) is 5.69 Å².